The smallest absolute Gasteiger partial charge is 0.337 e. The average molecular weight is 267 g/mol. The highest BCUT2D eigenvalue weighted by molar-refractivity contribution is 7.12. The number of benzene rings is 1. The van der Waals surface area contributed by atoms with Gasteiger partial charge in [0.1, 0.15) is 0 Å². The number of carbonyl (C=O) groups is 2. The van der Waals surface area contributed by atoms with Crippen molar-refractivity contribution in [2.45, 2.75) is 0 Å². The van der Waals surface area contributed by atoms with Crippen molar-refractivity contribution < 1.29 is 14.7 Å². The largest absolute Gasteiger partial charge is 0.478 e. The van der Waals surface area contributed by atoms with Crippen LogP contribution in [0.2, 0.25) is 5.02 Å². The lowest BCUT2D eigenvalue weighted by Gasteiger charge is -2.02. The highest BCUT2D eigenvalue weighted by atomic mass is 35.5. The normalized spacial score (nSPS) is 10.2. The topological polar surface area (TPSA) is 54.4 Å². The molecule has 0 spiro atoms. The first-order valence-electron chi connectivity index (χ1n) is 4.68. The van der Waals surface area contributed by atoms with Gasteiger partial charge in [0, 0.05) is 0 Å². The molecular formula is C12H7ClO3S. The van der Waals surface area contributed by atoms with Crippen LogP contribution >= 0.6 is 22.9 Å². The second-order valence-corrected chi connectivity index (χ2v) is 4.71. The van der Waals surface area contributed by atoms with E-state index in [0.717, 1.165) is 17.4 Å². The van der Waals surface area contributed by atoms with Gasteiger partial charge in [-0.05, 0) is 34.7 Å². The fourth-order valence-corrected chi connectivity index (χ4v) is 2.35. The first kappa shape index (κ1) is 11.8. The predicted molar refractivity (Wildman–Crippen MR) is 67.1 cm³/mol. The second-order valence-electron chi connectivity index (χ2n) is 3.36. The summed E-state index contributed by atoms with van der Waals surface area (Å²) in [6, 6.07) is 6.48. The molecule has 5 heteroatoms. The molecule has 1 aromatic heterocycles. The van der Waals surface area contributed by atoms with Crippen LogP contribution in [0, 0.1) is 0 Å². The van der Waals surface area contributed by atoms with Crippen molar-refractivity contribution in [1.82, 2.24) is 0 Å². The number of rotatable bonds is 3. The quantitative estimate of drug-likeness (QED) is 0.864. The van der Waals surface area contributed by atoms with Crippen molar-refractivity contribution in [2.75, 3.05) is 0 Å². The summed E-state index contributed by atoms with van der Waals surface area (Å²) in [6.07, 6.45) is 0.766. The molecule has 1 heterocycles. The number of aromatic carboxylic acids is 1. The maximum Gasteiger partial charge on any atom is 0.337 e. The summed E-state index contributed by atoms with van der Waals surface area (Å²) in [5.74, 6) is -1.07. The van der Waals surface area contributed by atoms with Gasteiger partial charge >= 0.3 is 5.97 Å². The lowest BCUT2D eigenvalue weighted by atomic mass is 10.1. The predicted octanol–water partition coefficient (Wildman–Crippen LogP) is 3.58. The van der Waals surface area contributed by atoms with Crippen LogP contribution < -0.4 is 0 Å². The zero-order valence-electron chi connectivity index (χ0n) is 8.51. The van der Waals surface area contributed by atoms with Gasteiger partial charge < -0.3 is 5.11 Å². The molecule has 86 valence electrons. The molecule has 0 saturated heterocycles. The first-order chi connectivity index (χ1) is 8.11. The SMILES string of the molecule is O=Cc1cc(-c2ccc(Cl)c(C(=O)O)c2)cs1. The lowest BCUT2D eigenvalue weighted by Crippen LogP contribution is -1.97. The Morgan fingerprint density at radius 2 is 2.06 bits per heavy atom. The minimum Gasteiger partial charge on any atom is -0.478 e. The molecular weight excluding hydrogens is 260 g/mol. The summed E-state index contributed by atoms with van der Waals surface area (Å²) in [5.41, 5.74) is 1.61. The van der Waals surface area contributed by atoms with Gasteiger partial charge in [-0.3, -0.25) is 4.79 Å². The molecule has 2 aromatic rings. The Labute approximate surface area is 106 Å². The van der Waals surface area contributed by atoms with E-state index in [1.54, 1.807) is 23.6 Å². The van der Waals surface area contributed by atoms with E-state index in [4.69, 9.17) is 16.7 Å². The van der Waals surface area contributed by atoms with Crippen molar-refractivity contribution in [2.24, 2.45) is 0 Å². The van der Waals surface area contributed by atoms with Crippen LogP contribution in [-0.2, 0) is 0 Å². The molecule has 1 aromatic carbocycles. The van der Waals surface area contributed by atoms with E-state index in [1.807, 2.05) is 0 Å². The third-order valence-corrected chi connectivity index (χ3v) is 3.45. The Morgan fingerprint density at radius 3 is 2.65 bits per heavy atom. The van der Waals surface area contributed by atoms with Crippen LogP contribution in [0.1, 0.15) is 20.0 Å². The maximum atomic E-state index is 10.9. The summed E-state index contributed by atoms with van der Waals surface area (Å²) >= 11 is 7.09. The van der Waals surface area contributed by atoms with Crippen LogP contribution in [-0.4, -0.2) is 17.4 Å². The van der Waals surface area contributed by atoms with Gasteiger partial charge in [-0.1, -0.05) is 17.7 Å². The van der Waals surface area contributed by atoms with Crippen molar-refractivity contribution in [3.05, 3.63) is 45.1 Å². The van der Waals surface area contributed by atoms with Gasteiger partial charge in [0.25, 0.3) is 0 Å². The van der Waals surface area contributed by atoms with Crippen molar-refractivity contribution >= 4 is 35.2 Å². The average Bonchev–Trinajstić information content (AvgIpc) is 2.78. The number of carboxylic acid groups (broad SMARTS) is 1. The van der Waals surface area contributed by atoms with E-state index < -0.39 is 5.97 Å². The molecule has 2 rings (SSSR count). The number of carboxylic acids is 1. The Hall–Kier alpha value is -1.65. The highest BCUT2D eigenvalue weighted by Gasteiger charge is 2.11. The minimum atomic E-state index is -1.07. The van der Waals surface area contributed by atoms with E-state index in [-0.39, 0.29) is 10.6 Å². The van der Waals surface area contributed by atoms with Gasteiger partial charge in [0.15, 0.2) is 6.29 Å². The zero-order chi connectivity index (χ0) is 12.4. The monoisotopic (exact) mass is 266 g/mol. The molecule has 0 saturated carbocycles. The van der Waals surface area contributed by atoms with Crippen LogP contribution in [0.15, 0.2) is 29.6 Å². The number of hydrogen-bond acceptors (Lipinski definition) is 3. The number of halogens is 1. The second kappa shape index (κ2) is 4.69. The number of aldehydes is 1. The molecule has 1 N–H and O–H groups in total. The van der Waals surface area contributed by atoms with Crippen LogP contribution in [0.4, 0.5) is 0 Å². The van der Waals surface area contributed by atoms with Gasteiger partial charge in [-0.2, -0.15) is 0 Å². The molecule has 0 bridgehead atoms. The van der Waals surface area contributed by atoms with E-state index in [2.05, 4.69) is 0 Å². The van der Waals surface area contributed by atoms with Crippen LogP contribution in [0.3, 0.4) is 0 Å². The van der Waals surface area contributed by atoms with Gasteiger partial charge in [-0.25, -0.2) is 4.79 Å². The van der Waals surface area contributed by atoms with Crippen molar-refractivity contribution in [1.29, 1.82) is 0 Å². The van der Waals surface area contributed by atoms with Gasteiger partial charge in [0.05, 0.1) is 15.5 Å². The molecule has 0 aliphatic rings. The summed E-state index contributed by atoms with van der Waals surface area (Å²) < 4.78 is 0. The highest BCUT2D eigenvalue weighted by Crippen LogP contribution is 2.28. The van der Waals surface area contributed by atoms with E-state index >= 15 is 0 Å². The summed E-state index contributed by atoms with van der Waals surface area (Å²) in [7, 11) is 0. The maximum absolute atomic E-state index is 10.9. The Morgan fingerprint density at radius 1 is 1.29 bits per heavy atom. The zero-order valence-corrected chi connectivity index (χ0v) is 10.1. The van der Waals surface area contributed by atoms with E-state index in [1.165, 1.54) is 17.4 Å². The molecule has 0 unspecified atom stereocenters. The summed E-state index contributed by atoms with van der Waals surface area (Å²) in [5, 5.41) is 11.0. The lowest BCUT2D eigenvalue weighted by molar-refractivity contribution is 0.0697. The molecule has 0 aliphatic heterocycles. The fraction of sp³-hybridized carbons (Fsp3) is 0. The Bertz CT molecular complexity index is 589. The molecule has 3 nitrogen and oxygen atoms in total. The third kappa shape index (κ3) is 2.38. The molecule has 0 amide bonds. The van der Waals surface area contributed by atoms with Crippen LogP contribution in [0.5, 0.6) is 0 Å². The fourth-order valence-electron chi connectivity index (χ4n) is 1.43. The number of carbonyl (C=O) groups excluding carboxylic acids is 1. The molecule has 0 aliphatic carbocycles. The summed E-state index contributed by atoms with van der Waals surface area (Å²) in [4.78, 5) is 22.1. The molecule has 0 fully saturated rings. The Kier molecular flexibility index (Phi) is 3.26. The number of thiophene rings is 1. The molecule has 0 atom stereocenters. The molecule has 17 heavy (non-hydrogen) atoms. The van der Waals surface area contributed by atoms with Gasteiger partial charge in [-0.15, -0.1) is 11.3 Å². The van der Waals surface area contributed by atoms with Crippen LogP contribution in [0.25, 0.3) is 11.1 Å². The minimum absolute atomic E-state index is 0.0584. The van der Waals surface area contributed by atoms with Crippen molar-refractivity contribution in [3.8, 4) is 11.1 Å². The first-order valence-corrected chi connectivity index (χ1v) is 5.94. The third-order valence-electron chi connectivity index (χ3n) is 2.27. The standard InChI is InChI=1S/C12H7ClO3S/c13-11-2-1-7(4-10(11)12(15)16)8-3-9(5-14)17-6-8/h1-6H,(H,15,16). The van der Waals surface area contributed by atoms with Gasteiger partial charge in [0.2, 0.25) is 0 Å². The van der Waals surface area contributed by atoms with E-state index in [9.17, 15) is 9.59 Å². The molecule has 0 radical (unpaired) electrons. The number of hydrogen-bond donors (Lipinski definition) is 1. The Balaban J connectivity index is 2.49. The van der Waals surface area contributed by atoms with E-state index in [0.29, 0.717) is 4.88 Å². The van der Waals surface area contributed by atoms with Crippen molar-refractivity contribution in [3.63, 3.8) is 0 Å². The summed E-state index contributed by atoms with van der Waals surface area (Å²) in [6.45, 7) is 0.